The number of benzene rings is 1. The number of hydrogen-bond acceptors (Lipinski definition) is 3. The summed E-state index contributed by atoms with van der Waals surface area (Å²) < 4.78 is 34.1. The Kier molecular flexibility index (Phi) is 5.98. The predicted molar refractivity (Wildman–Crippen MR) is 106 cm³/mol. The fraction of sp³-hybridized carbons (Fsp3) is 0.579. The Labute approximate surface area is 153 Å². The molecule has 2 rings (SSSR count). The van der Waals surface area contributed by atoms with Gasteiger partial charge in [-0.3, -0.25) is 0 Å². The topological polar surface area (TPSA) is 55.4 Å². The number of nitrogens with one attached hydrogen (secondary N) is 1. The van der Waals surface area contributed by atoms with Crippen molar-refractivity contribution in [3.63, 3.8) is 0 Å². The minimum Gasteiger partial charge on any atom is -0.411 e. The molecule has 1 aromatic carbocycles. The van der Waals surface area contributed by atoms with E-state index in [4.69, 9.17) is 4.43 Å². The second-order valence-corrected chi connectivity index (χ2v) is 14.9. The lowest BCUT2D eigenvalue weighted by Gasteiger charge is -2.39. The average molecular weight is 382 g/mol. The van der Waals surface area contributed by atoms with Gasteiger partial charge in [-0.15, -0.1) is 0 Å². The molecule has 0 saturated carbocycles. The van der Waals surface area contributed by atoms with Crippen molar-refractivity contribution in [3.05, 3.63) is 42.0 Å². The van der Waals surface area contributed by atoms with Crippen LogP contribution in [0.3, 0.4) is 0 Å². The summed E-state index contributed by atoms with van der Waals surface area (Å²) in [7, 11) is -5.30. The van der Waals surface area contributed by atoms with Crippen molar-refractivity contribution < 1.29 is 12.8 Å². The Hall–Kier alpha value is -0.953. The summed E-state index contributed by atoms with van der Waals surface area (Å²) in [6.45, 7) is 13.1. The molecule has 1 N–H and O–H groups in total. The molecule has 0 fully saturated rings. The fourth-order valence-corrected chi connectivity index (χ4v) is 5.06. The molecule has 1 aliphatic carbocycles. The highest BCUT2D eigenvalue weighted by atomic mass is 32.2. The van der Waals surface area contributed by atoms with E-state index in [1.807, 2.05) is 31.2 Å². The van der Waals surface area contributed by atoms with E-state index >= 15 is 0 Å². The normalized spacial score (nSPS) is 22.2. The van der Waals surface area contributed by atoms with Gasteiger partial charge in [-0.05, 0) is 50.0 Å². The summed E-state index contributed by atoms with van der Waals surface area (Å²) in [4.78, 5) is 0.311. The zero-order chi connectivity index (χ0) is 18.9. The molecule has 4 nitrogen and oxygen atoms in total. The molecule has 0 heterocycles. The van der Waals surface area contributed by atoms with Crippen LogP contribution >= 0.6 is 0 Å². The number of sulfonamides is 1. The van der Waals surface area contributed by atoms with Gasteiger partial charge in [-0.2, -0.15) is 0 Å². The molecular weight excluding hydrogens is 350 g/mol. The molecular formula is C19H31NO3SSi. The summed E-state index contributed by atoms with van der Waals surface area (Å²) in [5.41, 5.74) is 1.04. The predicted octanol–water partition coefficient (Wildman–Crippen LogP) is 4.38. The molecule has 0 spiro atoms. The lowest BCUT2D eigenvalue weighted by molar-refractivity contribution is 0.203. The van der Waals surface area contributed by atoms with Gasteiger partial charge in [0.05, 0.1) is 11.0 Å². The first-order chi connectivity index (χ1) is 11.4. The fourth-order valence-electron chi connectivity index (χ4n) is 2.53. The van der Waals surface area contributed by atoms with Crippen LogP contribution in [0.5, 0.6) is 0 Å². The number of hydrogen-bond donors (Lipinski definition) is 1. The zero-order valence-corrected chi connectivity index (χ0v) is 18.0. The van der Waals surface area contributed by atoms with Gasteiger partial charge in [0, 0.05) is 6.04 Å². The summed E-state index contributed by atoms with van der Waals surface area (Å²) in [5, 5.41) is 0.171. The van der Waals surface area contributed by atoms with Gasteiger partial charge >= 0.3 is 0 Å². The van der Waals surface area contributed by atoms with Crippen LogP contribution < -0.4 is 4.72 Å². The molecule has 0 amide bonds. The molecule has 0 unspecified atom stereocenters. The van der Waals surface area contributed by atoms with Crippen LogP contribution in [-0.2, 0) is 14.4 Å². The third-order valence-electron chi connectivity index (χ3n) is 5.21. The van der Waals surface area contributed by atoms with E-state index in [9.17, 15) is 8.42 Å². The summed E-state index contributed by atoms with van der Waals surface area (Å²) in [5.74, 6) is 0. The zero-order valence-electron chi connectivity index (χ0n) is 16.2. The Morgan fingerprint density at radius 1 is 1.08 bits per heavy atom. The molecule has 0 radical (unpaired) electrons. The van der Waals surface area contributed by atoms with Crippen molar-refractivity contribution >= 4 is 18.3 Å². The third-order valence-corrected chi connectivity index (χ3v) is 11.2. The molecule has 1 aromatic rings. The van der Waals surface area contributed by atoms with Crippen LogP contribution in [0.4, 0.5) is 0 Å². The van der Waals surface area contributed by atoms with Crippen LogP contribution in [0.1, 0.15) is 39.2 Å². The first-order valence-corrected chi connectivity index (χ1v) is 13.2. The maximum atomic E-state index is 12.5. The van der Waals surface area contributed by atoms with E-state index in [-0.39, 0.29) is 17.2 Å². The molecule has 6 heteroatoms. The van der Waals surface area contributed by atoms with Gasteiger partial charge in [-0.1, -0.05) is 50.6 Å². The van der Waals surface area contributed by atoms with E-state index in [1.54, 1.807) is 12.1 Å². The SMILES string of the molecule is Cc1ccc(S(=O)(=O)N[C@H]2C=C[C@@H](O[Si](C)(C)C(C)(C)C)CC2)cc1. The first kappa shape index (κ1) is 20.4. The molecule has 25 heavy (non-hydrogen) atoms. The molecule has 1 aliphatic rings. The molecule has 0 aromatic heterocycles. The lowest BCUT2D eigenvalue weighted by Crippen LogP contribution is -2.45. The Morgan fingerprint density at radius 2 is 1.68 bits per heavy atom. The maximum Gasteiger partial charge on any atom is 0.241 e. The summed E-state index contributed by atoms with van der Waals surface area (Å²) in [6.07, 6.45) is 5.63. The van der Waals surface area contributed by atoms with Crippen LogP contribution in [0.2, 0.25) is 18.1 Å². The molecule has 140 valence electrons. The minimum absolute atomic E-state index is 0.0843. The molecule has 0 bridgehead atoms. The second kappa shape index (κ2) is 7.35. The standard InChI is InChI=1S/C19H31NO3SSi/c1-15-7-13-18(14-8-15)24(21,22)20-16-9-11-17(12-10-16)23-25(5,6)19(2,3)4/h7-9,11,13-14,16-17,20H,10,12H2,1-6H3/t16-,17+/m0/s1. The highest BCUT2D eigenvalue weighted by Crippen LogP contribution is 2.38. The average Bonchev–Trinajstić information content (AvgIpc) is 2.48. The smallest absolute Gasteiger partial charge is 0.241 e. The quantitative estimate of drug-likeness (QED) is 0.608. The molecule has 2 atom stereocenters. The van der Waals surface area contributed by atoms with Crippen LogP contribution in [-0.4, -0.2) is 28.9 Å². The number of rotatable bonds is 5. The Morgan fingerprint density at radius 3 is 2.16 bits per heavy atom. The molecule has 0 saturated heterocycles. The van der Waals surface area contributed by atoms with Crippen molar-refractivity contribution in [2.24, 2.45) is 0 Å². The van der Waals surface area contributed by atoms with Crippen molar-refractivity contribution in [1.29, 1.82) is 0 Å². The van der Waals surface area contributed by atoms with Crippen LogP contribution in [0, 0.1) is 6.92 Å². The largest absolute Gasteiger partial charge is 0.411 e. The van der Waals surface area contributed by atoms with E-state index in [0.29, 0.717) is 4.90 Å². The highest BCUT2D eigenvalue weighted by molar-refractivity contribution is 7.89. The van der Waals surface area contributed by atoms with Gasteiger partial charge < -0.3 is 4.43 Å². The monoisotopic (exact) mass is 381 g/mol. The van der Waals surface area contributed by atoms with Crippen molar-refractivity contribution in [2.45, 2.75) is 75.7 Å². The van der Waals surface area contributed by atoms with Gasteiger partial charge in [0.1, 0.15) is 0 Å². The Bertz CT molecular complexity index is 718. The minimum atomic E-state index is -3.49. The maximum absolute atomic E-state index is 12.5. The first-order valence-electron chi connectivity index (χ1n) is 8.86. The second-order valence-electron chi connectivity index (χ2n) is 8.42. The summed E-state index contributed by atoms with van der Waals surface area (Å²) >= 11 is 0. The summed E-state index contributed by atoms with van der Waals surface area (Å²) in [6, 6.07) is 6.75. The van der Waals surface area contributed by atoms with Crippen molar-refractivity contribution in [1.82, 2.24) is 4.72 Å². The molecule has 0 aliphatic heterocycles. The van der Waals surface area contributed by atoms with E-state index in [1.165, 1.54) is 0 Å². The van der Waals surface area contributed by atoms with Gasteiger partial charge in [0.2, 0.25) is 10.0 Å². The third kappa shape index (κ3) is 5.26. The lowest BCUT2D eigenvalue weighted by atomic mass is 10.0. The number of aryl methyl sites for hydroxylation is 1. The van der Waals surface area contributed by atoms with Gasteiger partial charge in [0.25, 0.3) is 0 Å². The van der Waals surface area contributed by atoms with Gasteiger partial charge in [0.15, 0.2) is 8.32 Å². The van der Waals surface area contributed by atoms with Crippen LogP contribution in [0.25, 0.3) is 0 Å². The van der Waals surface area contributed by atoms with Crippen LogP contribution in [0.15, 0.2) is 41.3 Å². The van der Waals surface area contributed by atoms with Crippen molar-refractivity contribution in [2.75, 3.05) is 0 Å². The highest BCUT2D eigenvalue weighted by Gasteiger charge is 2.39. The van der Waals surface area contributed by atoms with Crippen molar-refractivity contribution in [3.8, 4) is 0 Å². The van der Waals surface area contributed by atoms with E-state index < -0.39 is 18.3 Å². The Balaban J connectivity index is 2.00. The van der Waals surface area contributed by atoms with E-state index in [2.05, 4.69) is 38.6 Å². The van der Waals surface area contributed by atoms with E-state index in [0.717, 1.165) is 18.4 Å². The van der Waals surface area contributed by atoms with Gasteiger partial charge in [-0.25, -0.2) is 13.1 Å².